The van der Waals surface area contributed by atoms with Crippen LogP contribution in [0.25, 0.3) is 0 Å². The fourth-order valence-corrected chi connectivity index (χ4v) is 3.33. The van der Waals surface area contributed by atoms with E-state index in [1.165, 1.54) is 0 Å². The highest BCUT2D eigenvalue weighted by molar-refractivity contribution is 6.31. The summed E-state index contributed by atoms with van der Waals surface area (Å²) in [6.07, 6.45) is 0.878. The van der Waals surface area contributed by atoms with Crippen LogP contribution in [0.1, 0.15) is 43.3 Å². The van der Waals surface area contributed by atoms with Gasteiger partial charge < -0.3 is 9.32 Å². The lowest BCUT2D eigenvalue weighted by Gasteiger charge is -2.26. The lowest BCUT2D eigenvalue weighted by Crippen LogP contribution is -2.37. The molecule has 1 aromatic carbocycles. The SMILES string of the molecule is Cc1ccc(CN(C(=O)C2CC2c2ccccc2Cl)C(C)C)o1. The first kappa shape index (κ1) is 16.1. The molecule has 0 radical (unpaired) electrons. The third kappa shape index (κ3) is 3.45. The summed E-state index contributed by atoms with van der Waals surface area (Å²) in [5.41, 5.74) is 1.09. The van der Waals surface area contributed by atoms with Gasteiger partial charge in [-0.1, -0.05) is 29.8 Å². The van der Waals surface area contributed by atoms with Gasteiger partial charge in [0.05, 0.1) is 6.54 Å². The van der Waals surface area contributed by atoms with Gasteiger partial charge in [-0.2, -0.15) is 0 Å². The van der Waals surface area contributed by atoms with Gasteiger partial charge in [-0.05, 0) is 56.9 Å². The molecule has 1 aliphatic carbocycles. The van der Waals surface area contributed by atoms with Crippen molar-refractivity contribution >= 4 is 17.5 Å². The second-order valence-corrected chi connectivity index (χ2v) is 6.95. The van der Waals surface area contributed by atoms with Crippen LogP contribution in [0, 0.1) is 12.8 Å². The Balaban J connectivity index is 1.72. The van der Waals surface area contributed by atoms with Gasteiger partial charge in [0, 0.05) is 17.0 Å². The normalized spacial score (nSPS) is 19.9. The number of hydrogen-bond donors (Lipinski definition) is 0. The standard InChI is InChI=1S/C19H22ClNO2/c1-12(2)21(11-14-9-8-13(3)23-14)19(22)17-10-16(17)15-6-4-5-7-18(15)20/h4-9,12,16-17H,10-11H2,1-3H3. The Bertz CT molecular complexity index is 707. The maximum Gasteiger partial charge on any atom is 0.226 e. The van der Waals surface area contributed by atoms with Crippen LogP contribution in [0.4, 0.5) is 0 Å². The van der Waals surface area contributed by atoms with Crippen LogP contribution in [0.3, 0.4) is 0 Å². The molecule has 2 unspecified atom stereocenters. The molecule has 0 saturated heterocycles. The van der Waals surface area contributed by atoms with Crippen molar-refractivity contribution in [3.8, 4) is 0 Å². The average Bonchev–Trinajstić information content (AvgIpc) is 3.19. The lowest BCUT2D eigenvalue weighted by atomic mass is 10.1. The van der Waals surface area contributed by atoms with Crippen LogP contribution < -0.4 is 0 Å². The van der Waals surface area contributed by atoms with Crippen LogP contribution in [-0.2, 0) is 11.3 Å². The molecule has 0 bridgehead atoms. The number of hydrogen-bond acceptors (Lipinski definition) is 2. The van der Waals surface area contributed by atoms with E-state index in [0.29, 0.717) is 6.54 Å². The van der Waals surface area contributed by atoms with Crippen molar-refractivity contribution in [2.45, 2.75) is 45.7 Å². The summed E-state index contributed by atoms with van der Waals surface area (Å²) in [4.78, 5) is 14.8. The Labute approximate surface area is 142 Å². The second-order valence-electron chi connectivity index (χ2n) is 6.54. The summed E-state index contributed by atoms with van der Waals surface area (Å²) in [5, 5.41) is 0.755. The van der Waals surface area contributed by atoms with Gasteiger partial charge >= 0.3 is 0 Å². The Kier molecular flexibility index (Phi) is 4.49. The van der Waals surface area contributed by atoms with Crippen molar-refractivity contribution in [2.24, 2.45) is 5.92 Å². The van der Waals surface area contributed by atoms with Crippen molar-refractivity contribution in [1.82, 2.24) is 4.90 Å². The van der Waals surface area contributed by atoms with E-state index in [1.54, 1.807) is 0 Å². The average molecular weight is 332 g/mol. The number of furan rings is 1. The second kappa shape index (κ2) is 6.40. The minimum absolute atomic E-state index is 0.0355. The van der Waals surface area contributed by atoms with Gasteiger partial charge in [0.2, 0.25) is 5.91 Å². The maximum absolute atomic E-state index is 12.9. The topological polar surface area (TPSA) is 33.5 Å². The molecule has 1 fully saturated rings. The zero-order chi connectivity index (χ0) is 16.6. The van der Waals surface area contributed by atoms with Crippen molar-refractivity contribution in [3.63, 3.8) is 0 Å². The van der Waals surface area contributed by atoms with Crippen LogP contribution in [-0.4, -0.2) is 16.8 Å². The molecule has 122 valence electrons. The van der Waals surface area contributed by atoms with E-state index in [4.69, 9.17) is 16.0 Å². The largest absolute Gasteiger partial charge is 0.464 e. The van der Waals surface area contributed by atoms with Gasteiger partial charge in [-0.3, -0.25) is 4.79 Å². The molecule has 2 atom stereocenters. The summed E-state index contributed by atoms with van der Waals surface area (Å²) in [5.74, 6) is 2.18. The van der Waals surface area contributed by atoms with Crippen LogP contribution >= 0.6 is 11.6 Å². The number of nitrogens with zero attached hydrogens (tertiary/aromatic N) is 1. The number of rotatable bonds is 5. The van der Waals surface area contributed by atoms with Gasteiger partial charge in [0.15, 0.2) is 0 Å². The first-order valence-corrected chi connectivity index (χ1v) is 8.45. The number of carbonyl (C=O) groups is 1. The minimum atomic E-state index is 0.0355. The Morgan fingerprint density at radius 1 is 1.30 bits per heavy atom. The molecule has 2 aromatic rings. The third-order valence-electron chi connectivity index (χ3n) is 4.44. The highest BCUT2D eigenvalue weighted by Gasteiger charge is 2.47. The third-order valence-corrected chi connectivity index (χ3v) is 4.79. The summed E-state index contributed by atoms with van der Waals surface area (Å²) in [6, 6.07) is 11.8. The molecule has 4 heteroatoms. The summed E-state index contributed by atoms with van der Waals surface area (Å²) >= 11 is 6.26. The first-order valence-electron chi connectivity index (χ1n) is 8.07. The van der Waals surface area contributed by atoms with Crippen LogP contribution in [0.15, 0.2) is 40.8 Å². The Morgan fingerprint density at radius 3 is 2.65 bits per heavy atom. The first-order chi connectivity index (χ1) is 11.0. The van der Waals surface area contributed by atoms with E-state index >= 15 is 0 Å². The van der Waals surface area contributed by atoms with E-state index in [1.807, 2.05) is 62.1 Å². The van der Waals surface area contributed by atoms with Gasteiger partial charge in [0.25, 0.3) is 0 Å². The summed E-state index contributed by atoms with van der Waals surface area (Å²) in [7, 11) is 0. The smallest absolute Gasteiger partial charge is 0.226 e. The van der Waals surface area contributed by atoms with E-state index in [0.717, 1.165) is 28.5 Å². The summed E-state index contributed by atoms with van der Waals surface area (Å²) in [6.45, 7) is 6.52. The number of halogens is 1. The van der Waals surface area contributed by atoms with E-state index in [9.17, 15) is 4.79 Å². The molecule has 3 nitrogen and oxygen atoms in total. The monoisotopic (exact) mass is 331 g/mol. The van der Waals surface area contributed by atoms with Crippen molar-refractivity contribution < 1.29 is 9.21 Å². The molecule has 0 aliphatic heterocycles. The molecule has 23 heavy (non-hydrogen) atoms. The van der Waals surface area contributed by atoms with Crippen LogP contribution in [0.5, 0.6) is 0 Å². The molecule has 0 N–H and O–H groups in total. The molecule has 3 rings (SSSR count). The summed E-state index contributed by atoms with van der Waals surface area (Å²) < 4.78 is 5.63. The zero-order valence-electron chi connectivity index (χ0n) is 13.8. The van der Waals surface area contributed by atoms with E-state index < -0.39 is 0 Å². The number of carbonyl (C=O) groups excluding carboxylic acids is 1. The van der Waals surface area contributed by atoms with Crippen molar-refractivity contribution in [2.75, 3.05) is 0 Å². The van der Waals surface area contributed by atoms with E-state index in [-0.39, 0.29) is 23.8 Å². The zero-order valence-corrected chi connectivity index (χ0v) is 14.5. The minimum Gasteiger partial charge on any atom is -0.464 e. The van der Waals surface area contributed by atoms with Crippen molar-refractivity contribution in [1.29, 1.82) is 0 Å². The molecule has 1 amide bonds. The Morgan fingerprint density at radius 2 is 2.04 bits per heavy atom. The maximum atomic E-state index is 12.9. The Hall–Kier alpha value is -1.74. The van der Waals surface area contributed by atoms with E-state index in [2.05, 4.69) is 0 Å². The molecule has 1 heterocycles. The number of benzene rings is 1. The van der Waals surface area contributed by atoms with Crippen molar-refractivity contribution in [3.05, 3.63) is 58.5 Å². The lowest BCUT2D eigenvalue weighted by molar-refractivity contribution is -0.135. The van der Waals surface area contributed by atoms with Gasteiger partial charge in [0.1, 0.15) is 11.5 Å². The highest BCUT2D eigenvalue weighted by atomic mass is 35.5. The predicted octanol–water partition coefficient (Wildman–Crippen LogP) is 4.78. The molecule has 0 spiro atoms. The van der Waals surface area contributed by atoms with Gasteiger partial charge in [-0.15, -0.1) is 0 Å². The molecular weight excluding hydrogens is 310 g/mol. The fourth-order valence-electron chi connectivity index (χ4n) is 3.05. The molecular formula is C19H22ClNO2. The molecule has 1 aromatic heterocycles. The number of aryl methyl sites for hydroxylation is 1. The highest BCUT2D eigenvalue weighted by Crippen LogP contribution is 2.50. The molecule has 1 aliphatic rings. The fraction of sp³-hybridized carbons (Fsp3) is 0.421. The van der Waals surface area contributed by atoms with Crippen LogP contribution in [0.2, 0.25) is 5.02 Å². The predicted molar refractivity (Wildman–Crippen MR) is 91.4 cm³/mol. The molecule has 1 saturated carbocycles. The quantitative estimate of drug-likeness (QED) is 0.789. The van der Waals surface area contributed by atoms with Gasteiger partial charge in [-0.25, -0.2) is 0 Å². The number of amides is 1.